The second-order valence-corrected chi connectivity index (χ2v) is 6.16. The maximum atomic E-state index is 13.0. The van der Waals surface area contributed by atoms with E-state index in [1.165, 1.54) is 0 Å². The summed E-state index contributed by atoms with van der Waals surface area (Å²) in [6.45, 7) is 1.96. The molecule has 120 valence electrons. The molecule has 0 saturated carbocycles. The van der Waals surface area contributed by atoms with Gasteiger partial charge in [0.15, 0.2) is 5.78 Å². The summed E-state index contributed by atoms with van der Waals surface area (Å²) in [5.74, 6) is 0.901. The minimum absolute atomic E-state index is 0.0235. The highest BCUT2D eigenvalue weighted by atomic mass is 16.1. The Kier molecular flexibility index (Phi) is 3.41. The van der Waals surface area contributed by atoms with Gasteiger partial charge in [0.05, 0.1) is 11.9 Å². The summed E-state index contributed by atoms with van der Waals surface area (Å²) in [6, 6.07) is 7.18. The Hall–Kier alpha value is -2.95. The van der Waals surface area contributed by atoms with Crippen molar-refractivity contribution in [1.82, 2.24) is 5.32 Å². The Morgan fingerprint density at radius 2 is 2.08 bits per heavy atom. The lowest BCUT2D eigenvalue weighted by molar-refractivity contribution is 0.104. The topological polar surface area (TPSA) is 79.8 Å². The van der Waals surface area contributed by atoms with Crippen molar-refractivity contribution >= 4 is 23.5 Å². The molecule has 0 unspecified atom stereocenters. The van der Waals surface area contributed by atoms with E-state index in [2.05, 4.69) is 15.3 Å². The van der Waals surface area contributed by atoms with E-state index >= 15 is 0 Å². The van der Waals surface area contributed by atoms with Gasteiger partial charge in [-0.25, -0.2) is 0 Å². The van der Waals surface area contributed by atoms with Gasteiger partial charge in [0.2, 0.25) is 0 Å². The number of hydrogen-bond acceptors (Lipinski definition) is 5. The number of nitrogens with one attached hydrogen (secondary N) is 1. The molecular weight excluding hydrogens is 300 g/mol. The van der Waals surface area contributed by atoms with Gasteiger partial charge in [0.1, 0.15) is 0 Å². The summed E-state index contributed by atoms with van der Waals surface area (Å²) in [7, 11) is 0. The zero-order valence-electron chi connectivity index (χ0n) is 13.4. The van der Waals surface area contributed by atoms with Crippen molar-refractivity contribution < 1.29 is 4.79 Å². The molecule has 3 N–H and O–H groups in total. The number of amidine groups is 1. The van der Waals surface area contributed by atoms with E-state index in [1.807, 2.05) is 13.0 Å². The van der Waals surface area contributed by atoms with E-state index in [0.29, 0.717) is 16.8 Å². The molecule has 2 heterocycles. The first-order chi connectivity index (χ1) is 11.6. The minimum atomic E-state index is -0.0235. The number of nitrogens with zero attached hydrogens (tertiary/aromatic N) is 2. The number of anilines is 1. The molecule has 0 aromatic heterocycles. The molecule has 3 aliphatic rings. The number of ketones is 1. The molecule has 0 bridgehead atoms. The van der Waals surface area contributed by atoms with Gasteiger partial charge in [-0.1, -0.05) is 0 Å². The van der Waals surface area contributed by atoms with Crippen LogP contribution in [0.1, 0.15) is 30.1 Å². The third kappa shape index (κ3) is 2.38. The Labute approximate surface area is 140 Å². The molecule has 1 atom stereocenters. The molecule has 24 heavy (non-hydrogen) atoms. The quantitative estimate of drug-likeness (QED) is 0.650. The van der Waals surface area contributed by atoms with Crippen molar-refractivity contribution in [3.63, 3.8) is 0 Å². The molecule has 0 radical (unpaired) electrons. The van der Waals surface area contributed by atoms with Crippen molar-refractivity contribution in [3.8, 4) is 0 Å². The fraction of sp³-hybridized carbons (Fsp3) is 0.211. The number of aliphatic imine (C=N–C) groups is 2. The van der Waals surface area contributed by atoms with E-state index in [-0.39, 0.29) is 11.8 Å². The maximum Gasteiger partial charge on any atom is 0.194 e. The van der Waals surface area contributed by atoms with E-state index in [4.69, 9.17) is 5.73 Å². The Morgan fingerprint density at radius 1 is 1.29 bits per heavy atom. The van der Waals surface area contributed by atoms with Gasteiger partial charge in [-0.15, -0.1) is 0 Å². The van der Waals surface area contributed by atoms with Gasteiger partial charge in [-0.05, 0) is 55.7 Å². The van der Waals surface area contributed by atoms with Crippen LogP contribution in [-0.4, -0.2) is 23.9 Å². The number of nitrogen functional groups attached to an aromatic ring is 1. The maximum absolute atomic E-state index is 13.0. The van der Waals surface area contributed by atoms with E-state index in [9.17, 15) is 4.79 Å². The molecule has 1 aliphatic carbocycles. The number of rotatable bonds is 2. The molecule has 0 spiro atoms. The van der Waals surface area contributed by atoms with Crippen molar-refractivity contribution in [2.75, 3.05) is 5.73 Å². The average molecular weight is 318 g/mol. The number of benzene rings is 1. The summed E-state index contributed by atoms with van der Waals surface area (Å²) >= 11 is 0. The third-order valence-corrected chi connectivity index (χ3v) is 4.55. The first-order valence-electron chi connectivity index (χ1n) is 8.02. The van der Waals surface area contributed by atoms with Crippen LogP contribution in [0, 0.1) is 0 Å². The monoisotopic (exact) mass is 318 g/mol. The van der Waals surface area contributed by atoms with Crippen LogP contribution in [0.2, 0.25) is 0 Å². The summed E-state index contributed by atoms with van der Waals surface area (Å²) in [5.41, 5.74) is 10.8. The minimum Gasteiger partial charge on any atom is -0.399 e. The third-order valence-electron chi connectivity index (χ3n) is 4.55. The lowest BCUT2D eigenvalue weighted by Gasteiger charge is -2.23. The van der Waals surface area contributed by atoms with E-state index in [1.54, 1.807) is 36.7 Å². The van der Waals surface area contributed by atoms with Crippen molar-refractivity contribution in [2.45, 2.75) is 25.8 Å². The van der Waals surface area contributed by atoms with Gasteiger partial charge in [0.25, 0.3) is 0 Å². The number of fused-ring (bicyclic) bond motifs is 2. The molecule has 1 aromatic rings. The van der Waals surface area contributed by atoms with Gasteiger partial charge < -0.3 is 11.1 Å². The molecule has 5 nitrogen and oxygen atoms in total. The molecule has 2 aliphatic heterocycles. The van der Waals surface area contributed by atoms with Gasteiger partial charge in [-0.2, -0.15) is 0 Å². The van der Waals surface area contributed by atoms with Crippen LogP contribution in [-0.2, 0) is 0 Å². The van der Waals surface area contributed by atoms with Crippen LogP contribution in [0.4, 0.5) is 5.69 Å². The largest absolute Gasteiger partial charge is 0.399 e. The first-order valence-corrected chi connectivity index (χ1v) is 8.02. The fourth-order valence-electron chi connectivity index (χ4n) is 3.41. The van der Waals surface area contributed by atoms with E-state index < -0.39 is 0 Å². The number of allylic oxidation sites excluding steroid dienone is 4. The number of carbonyl (C=O) groups excluding carboxylic acids is 1. The van der Waals surface area contributed by atoms with Crippen LogP contribution in [0.25, 0.3) is 0 Å². The summed E-state index contributed by atoms with van der Waals surface area (Å²) in [4.78, 5) is 21.9. The Bertz CT molecular complexity index is 869. The van der Waals surface area contributed by atoms with E-state index in [0.717, 1.165) is 35.5 Å². The highest BCUT2D eigenvalue weighted by molar-refractivity contribution is 6.22. The summed E-state index contributed by atoms with van der Waals surface area (Å²) in [5, 5.41) is 3.35. The molecular formula is C19H18N4O. The number of Topliss-reactive ketones (excluding diaryl/α,β-unsaturated/α-hetero) is 1. The van der Waals surface area contributed by atoms with Crippen LogP contribution >= 0.6 is 0 Å². The van der Waals surface area contributed by atoms with Gasteiger partial charge in [0, 0.05) is 40.5 Å². The van der Waals surface area contributed by atoms with Gasteiger partial charge >= 0.3 is 0 Å². The second-order valence-electron chi connectivity index (χ2n) is 6.16. The Morgan fingerprint density at radius 3 is 2.88 bits per heavy atom. The molecule has 1 aromatic carbocycles. The molecule has 5 heteroatoms. The van der Waals surface area contributed by atoms with Crippen LogP contribution in [0.3, 0.4) is 0 Å². The second kappa shape index (κ2) is 5.60. The lowest BCUT2D eigenvalue weighted by atomic mass is 9.84. The highest BCUT2D eigenvalue weighted by Gasteiger charge is 2.32. The summed E-state index contributed by atoms with van der Waals surface area (Å²) < 4.78 is 0. The standard InChI is InChI=1S/C19H18N4O/c1-11-22-17-7-6-14-15(18(17)23-11)8-9-21-10-16(14)19(24)12-2-4-13(20)5-3-12/h2-5,8-10,17H,6-7,20H2,1H3,(H,22,23)/t17-/m0/s1. The first kappa shape index (κ1) is 14.6. The number of hydrogen-bond donors (Lipinski definition) is 2. The van der Waals surface area contributed by atoms with Crippen molar-refractivity contribution in [2.24, 2.45) is 9.98 Å². The molecule has 0 saturated heterocycles. The Balaban J connectivity index is 1.81. The lowest BCUT2D eigenvalue weighted by Crippen LogP contribution is -2.24. The highest BCUT2D eigenvalue weighted by Crippen LogP contribution is 2.36. The number of nitrogens with two attached hydrogens (primary N) is 1. The summed E-state index contributed by atoms with van der Waals surface area (Å²) in [6.07, 6.45) is 7.09. The number of carbonyl (C=O) groups is 1. The molecule has 0 fully saturated rings. The average Bonchev–Trinajstić information content (AvgIpc) is 2.83. The SMILES string of the molecule is CC1=N[C@H]2CCC3=C(C(=O)c4ccc(N)cc4)C=NC=CC3=C2N1. The van der Waals surface area contributed by atoms with Crippen molar-refractivity contribution in [3.05, 3.63) is 64.5 Å². The van der Waals surface area contributed by atoms with Gasteiger partial charge in [-0.3, -0.25) is 14.8 Å². The zero-order valence-corrected chi connectivity index (χ0v) is 13.4. The van der Waals surface area contributed by atoms with Crippen LogP contribution in [0.15, 0.2) is 68.9 Å². The molecule has 0 amide bonds. The van der Waals surface area contributed by atoms with Crippen LogP contribution in [0.5, 0.6) is 0 Å². The predicted molar refractivity (Wildman–Crippen MR) is 96.1 cm³/mol. The van der Waals surface area contributed by atoms with Crippen molar-refractivity contribution in [1.29, 1.82) is 0 Å². The van der Waals surface area contributed by atoms with Crippen LogP contribution < -0.4 is 11.1 Å². The predicted octanol–water partition coefficient (Wildman–Crippen LogP) is 2.78. The zero-order chi connectivity index (χ0) is 16.7. The normalized spacial score (nSPS) is 21.9. The molecule has 4 rings (SSSR count). The smallest absolute Gasteiger partial charge is 0.194 e. The fourth-order valence-corrected chi connectivity index (χ4v) is 3.41.